The molecule has 222 valence electrons. The van der Waals surface area contributed by atoms with Crippen LogP contribution in [0, 0.1) is 10.8 Å². The summed E-state index contributed by atoms with van der Waals surface area (Å²) in [7, 11) is 0. The molecular formula is C36H42BrNO4. The number of hydrogen-bond acceptors (Lipinski definition) is 5. The summed E-state index contributed by atoms with van der Waals surface area (Å²) in [6.45, 7) is 15.9. The van der Waals surface area contributed by atoms with Crippen LogP contribution >= 0.6 is 15.9 Å². The second-order valence-electron chi connectivity index (χ2n) is 13.3. The van der Waals surface area contributed by atoms with Crippen LogP contribution in [0.4, 0.5) is 0 Å². The average Bonchev–Trinajstić information content (AvgIpc) is 2.90. The Hall–Kier alpha value is -3.12. The van der Waals surface area contributed by atoms with E-state index in [-0.39, 0.29) is 22.4 Å². The molecule has 2 aromatic rings. The number of allylic oxidation sites excluding steroid dienone is 4. The van der Waals surface area contributed by atoms with E-state index in [4.69, 9.17) is 9.47 Å². The van der Waals surface area contributed by atoms with Gasteiger partial charge in [0, 0.05) is 47.8 Å². The van der Waals surface area contributed by atoms with Crippen LogP contribution < -0.4 is 9.47 Å². The van der Waals surface area contributed by atoms with Crippen molar-refractivity contribution in [2.75, 3.05) is 19.8 Å². The van der Waals surface area contributed by atoms with E-state index in [2.05, 4.69) is 79.4 Å². The fourth-order valence-corrected chi connectivity index (χ4v) is 7.41. The zero-order valence-electron chi connectivity index (χ0n) is 25.5. The third-order valence-electron chi connectivity index (χ3n) is 8.50. The molecule has 1 aliphatic heterocycles. The van der Waals surface area contributed by atoms with Crippen LogP contribution in [0.3, 0.4) is 0 Å². The maximum absolute atomic E-state index is 14.2. The van der Waals surface area contributed by atoms with Gasteiger partial charge < -0.3 is 14.4 Å². The maximum Gasteiger partial charge on any atom is 0.175 e. The second-order valence-corrected chi connectivity index (χ2v) is 14.1. The highest BCUT2D eigenvalue weighted by Gasteiger charge is 2.49. The molecule has 6 heteroatoms. The van der Waals surface area contributed by atoms with Gasteiger partial charge in [0.2, 0.25) is 0 Å². The number of halogens is 1. The molecule has 1 heterocycles. The van der Waals surface area contributed by atoms with Crippen molar-refractivity contribution >= 4 is 27.5 Å². The normalized spacial score (nSPS) is 19.9. The lowest BCUT2D eigenvalue weighted by Crippen LogP contribution is -2.45. The Morgan fingerprint density at radius 1 is 0.929 bits per heavy atom. The maximum atomic E-state index is 14.2. The Kier molecular flexibility index (Phi) is 8.58. The van der Waals surface area contributed by atoms with Crippen molar-refractivity contribution in [1.29, 1.82) is 0 Å². The Labute approximate surface area is 258 Å². The number of hydrogen-bond donors (Lipinski definition) is 0. The highest BCUT2D eigenvalue weighted by Crippen LogP contribution is 2.55. The predicted octanol–water partition coefficient (Wildman–Crippen LogP) is 8.34. The molecule has 42 heavy (non-hydrogen) atoms. The quantitative estimate of drug-likeness (QED) is 0.260. The van der Waals surface area contributed by atoms with Gasteiger partial charge in [0.15, 0.2) is 23.1 Å². The van der Waals surface area contributed by atoms with Gasteiger partial charge in [0.05, 0.1) is 11.1 Å². The first kappa shape index (κ1) is 30.3. The van der Waals surface area contributed by atoms with E-state index in [9.17, 15) is 9.59 Å². The van der Waals surface area contributed by atoms with Crippen molar-refractivity contribution in [3.8, 4) is 11.5 Å². The molecule has 2 aromatic carbocycles. The van der Waals surface area contributed by atoms with E-state index in [0.29, 0.717) is 37.6 Å². The molecule has 0 saturated carbocycles. The Morgan fingerprint density at radius 2 is 1.52 bits per heavy atom. The highest BCUT2D eigenvalue weighted by atomic mass is 79.9. The van der Waals surface area contributed by atoms with Gasteiger partial charge in [-0.25, -0.2) is 0 Å². The molecule has 2 aliphatic carbocycles. The Balaban J connectivity index is 1.72. The summed E-state index contributed by atoms with van der Waals surface area (Å²) >= 11 is 3.72. The third kappa shape index (κ3) is 6.01. The van der Waals surface area contributed by atoms with Crippen LogP contribution in [0.25, 0.3) is 0 Å². The fraction of sp³-hybridized carbons (Fsp3) is 0.444. The molecule has 0 fully saturated rings. The zero-order valence-corrected chi connectivity index (χ0v) is 27.1. The molecule has 0 atom stereocenters. The largest absolute Gasteiger partial charge is 0.490 e. The zero-order chi connectivity index (χ0) is 30.2. The minimum absolute atomic E-state index is 0.126. The third-order valence-corrected chi connectivity index (χ3v) is 9.09. The molecule has 5 nitrogen and oxygen atoms in total. The molecule has 3 aliphatic rings. The number of benzene rings is 2. The number of carbonyl (C=O) groups is 2. The van der Waals surface area contributed by atoms with Gasteiger partial charge in [0.1, 0.15) is 6.61 Å². The minimum atomic E-state index is -0.445. The Morgan fingerprint density at radius 3 is 2.07 bits per heavy atom. The summed E-state index contributed by atoms with van der Waals surface area (Å²) in [4.78, 5) is 30.7. The SMILES string of the molecule is C=CCOc1c(Br)cc(C2C3=C(CC(C)(C)CC3=O)N(CCc3ccccc3)C3=C2C(=O)CC(C)(C)C3)cc1OCC. The molecule has 0 saturated heterocycles. The molecule has 0 bridgehead atoms. The van der Waals surface area contributed by atoms with Crippen LogP contribution in [-0.2, 0) is 16.0 Å². The Bertz CT molecular complexity index is 1410. The first-order valence-electron chi connectivity index (χ1n) is 15.0. The number of rotatable bonds is 9. The van der Waals surface area contributed by atoms with Gasteiger partial charge in [-0.05, 0) is 76.2 Å². The molecule has 0 N–H and O–H groups in total. The lowest BCUT2D eigenvalue weighted by atomic mass is 9.63. The summed E-state index contributed by atoms with van der Waals surface area (Å²) in [5.74, 6) is 0.990. The smallest absolute Gasteiger partial charge is 0.175 e. The van der Waals surface area contributed by atoms with Crippen molar-refractivity contribution in [3.63, 3.8) is 0 Å². The topological polar surface area (TPSA) is 55.8 Å². The van der Waals surface area contributed by atoms with Crippen molar-refractivity contribution < 1.29 is 19.1 Å². The molecular weight excluding hydrogens is 590 g/mol. The lowest BCUT2D eigenvalue weighted by molar-refractivity contribution is -0.119. The van der Waals surface area contributed by atoms with Gasteiger partial charge in [-0.1, -0.05) is 70.7 Å². The van der Waals surface area contributed by atoms with E-state index < -0.39 is 5.92 Å². The summed E-state index contributed by atoms with van der Waals surface area (Å²) in [6, 6.07) is 14.4. The highest BCUT2D eigenvalue weighted by molar-refractivity contribution is 9.10. The molecule has 0 aromatic heterocycles. The standard InChI is InChI=1S/C36H42BrNO4/c1-7-16-42-34-25(37)17-24(18-30(34)41-8-2)31-32-26(19-35(3,4)21-28(32)39)38(15-14-23-12-10-9-11-13-23)27-20-36(5,6)22-29(40)33(27)31/h7,9-13,17-18,31H,1,8,14-16,19-22H2,2-6H3. The molecule has 0 amide bonds. The van der Waals surface area contributed by atoms with Crippen molar-refractivity contribution in [1.82, 2.24) is 4.90 Å². The number of ether oxygens (including phenoxy) is 2. The second kappa shape index (κ2) is 11.9. The number of Topliss-reactive ketones (excluding diaryl/α,β-unsaturated/α-hetero) is 2. The van der Waals surface area contributed by atoms with E-state index in [1.54, 1.807) is 6.08 Å². The van der Waals surface area contributed by atoms with Crippen LogP contribution in [0.2, 0.25) is 0 Å². The van der Waals surface area contributed by atoms with Gasteiger partial charge in [-0.2, -0.15) is 0 Å². The molecule has 0 unspecified atom stereocenters. The van der Waals surface area contributed by atoms with Crippen LogP contribution in [0.15, 0.2) is 82.1 Å². The van der Waals surface area contributed by atoms with E-state index in [0.717, 1.165) is 58.4 Å². The van der Waals surface area contributed by atoms with Gasteiger partial charge >= 0.3 is 0 Å². The minimum Gasteiger partial charge on any atom is -0.490 e. The van der Waals surface area contributed by atoms with Crippen molar-refractivity contribution in [2.24, 2.45) is 10.8 Å². The first-order chi connectivity index (χ1) is 19.9. The van der Waals surface area contributed by atoms with E-state index in [1.807, 2.05) is 25.1 Å². The lowest BCUT2D eigenvalue weighted by Gasteiger charge is -2.49. The number of nitrogens with zero attached hydrogens (tertiary/aromatic N) is 1. The summed E-state index contributed by atoms with van der Waals surface area (Å²) < 4.78 is 12.7. The average molecular weight is 633 g/mol. The van der Waals surface area contributed by atoms with E-state index in [1.165, 1.54) is 5.56 Å². The molecule has 0 radical (unpaired) electrons. The summed E-state index contributed by atoms with van der Waals surface area (Å²) in [5.41, 5.74) is 5.46. The van der Waals surface area contributed by atoms with Crippen LogP contribution in [-0.4, -0.2) is 36.2 Å². The first-order valence-corrected chi connectivity index (χ1v) is 15.8. The van der Waals surface area contributed by atoms with Crippen LogP contribution in [0.1, 0.15) is 77.3 Å². The number of carbonyl (C=O) groups excluding carboxylic acids is 2. The van der Waals surface area contributed by atoms with Gasteiger partial charge in [0.25, 0.3) is 0 Å². The molecule has 0 spiro atoms. The monoisotopic (exact) mass is 631 g/mol. The van der Waals surface area contributed by atoms with Crippen LogP contribution in [0.5, 0.6) is 11.5 Å². The van der Waals surface area contributed by atoms with Gasteiger partial charge in [-0.15, -0.1) is 0 Å². The number of ketones is 2. The van der Waals surface area contributed by atoms with Crippen molar-refractivity contribution in [2.45, 2.75) is 72.6 Å². The van der Waals surface area contributed by atoms with Crippen molar-refractivity contribution in [3.05, 3.63) is 93.3 Å². The fourth-order valence-electron chi connectivity index (χ4n) is 6.84. The predicted molar refractivity (Wildman–Crippen MR) is 171 cm³/mol. The molecule has 5 rings (SSSR count). The summed E-state index contributed by atoms with van der Waals surface area (Å²) in [6.07, 6.45) is 5.00. The van der Waals surface area contributed by atoms with Gasteiger partial charge in [-0.3, -0.25) is 9.59 Å². The van der Waals surface area contributed by atoms with E-state index >= 15 is 0 Å². The summed E-state index contributed by atoms with van der Waals surface area (Å²) in [5, 5.41) is 0.